The van der Waals surface area contributed by atoms with Crippen LogP contribution in [-0.4, -0.2) is 28.9 Å². The number of carbonyl (C=O) groups is 1. The van der Waals surface area contributed by atoms with E-state index in [1.165, 1.54) is 0 Å². The standard InChI is InChI=1S/C20H18N2O3/c1-14(23)22-13-12-17-19(18(22)15-8-4-2-5-9-15)25-21-20(24-17)16-10-6-3-7-11-16/h2-13,17-19H,1H3/t17?,18-,19+/m0/s1. The molecule has 5 nitrogen and oxygen atoms in total. The molecule has 2 aliphatic rings. The fourth-order valence-electron chi connectivity index (χ4n) is 3.20. The van der Waals surface area contributed by atoms with Gasteiger partial charge in [0.15, 0.2) is 12.2 Å². The van der Waals surface area contributed by atoms with E-state index in [1.54, 1.807) is 18.0 Å². The summed E-state index contributed by atoms with van der Waals surface area (Å²) < 4.78 is 6.06. The van der Waals surface area contributed by atoms with Gasteiger partial charge in [-0.25, -0.2) is 0 Å². The second-order valence-electron chi connectivity index (χ2n) is 6.04. The highest BCUT2D eigenvalue weighted by molar-refractivity contribution is 5.94. The van der Waals surface area contributed by atoms with Crippen molar-refractivity contribution in [3.8, 4) is 0 Å². The van der Waals surface area contributed by atoms with Crippen molar-refractivity contribution in [3.63, 3.8) is 0 Å². The predicted octanol–water partition coefficient (Wildman–Crippen LogP) is 3.25. The molecular formula is C20H18N2O3. The van der Waals surface area contributed by atoms with Gasteiger partial charge in [0.05, 0.1) is 0 Å². The molecule has 4 rings (SSSR count). The number of benzene rings is 2. The average molecular weight is 334 g/mol. The fourth-order valence-corrected chi connectivity index (χ4v) is 3.20. The van der Waals surface area contributed by atoms with Crippen LogP contribution in [0.4, 0.5) is 0 Å². The molecule has 0 saturated heterocycles. The van der Waals surface area contributed by atoms with Crippen LogP contribution in [0.5, 0.6) is 0 Å². The molecule has 0 aliphatic carbocycles. The molecule has 0 N–H and O–H groups in total. The lowest BCUT2D eigenvalue weighted by Gasteiger charge is -2.41. The fraction of sp³-hybridized carbons (Fsp3) is 0.200. The van der Waals surface area contributed by atoms with Crippen LogP contribution >= 0.6 is 0 Å². The zero-order valence-electron chi connectivity index (χ0n) is 13.8. The average Bonchev–Trinajstić information content (AvgIpc) is 2.68. The van der Waals surface area contributed by atoms with Gasteiger partial charge in [0.2, 0.25) is 5.91 Å². The normalized spacial score (nSPS) is 24.6. The Hall–Kier alpha value is -3.08. The summed E-state index contributed by atoms with van der Waals surface area (Å²) in [5.41, 5.74) is 1.85. The minimum Gasteiger partial charge on any atom is -0.463 e. The van der Waals surface area contributed by atoms with Crippen molar-refractivity contribution < 1.29 is 14.4 Å². The van der Waals surface area contributed by atoms with Gasteiger partial charge in [0, 0.05) is 18.7 Å². The number of amides is 1. The maximum atomic E-state index is 12.1. The molecule has 1 amide bonds. The summed E-state index contributed by atoms with van der Waals surface area (Å²) in [5, 5.41) is 4.18. The lowest BCUT2D eigenvalue weighted by atomic mass is 9.93. The van der Waals surface area contributed by atoms with Gasteiger partial charge in [-0.15, -0.1) is 0 Å². The Kier molecular flexibility index (Phi) is 3.98. The van der Waals surface area contributed by atoms with Crippen molar-refractivity contribution in [2.45, 2.75) is 25.2 Å². The van der Waals surface area contributed by atoms with Crippen LogP contribution in [0, 0.1) is 0 Å². The second kappa shape index (κ2) is 6.43. The molecule has 0 spiro atoms. The maximum Gasteiger partial charge on any atom is 0.258 e. The van der Waals surface area contributed by atoms with Gasteiger partial charge < -0.3 is 14.5 Å². The molecule has 5 heteroatoms. The summed E-state index contributed by atoms with van der Waals surface area (Å²) in [5.74, 6) is 0.402. The molecular weight excluding hydrogens is 316 g/mol. The van der Waals surface area contributed by atoms with E-state index in [-0.39, 0.29) is 18.1 Å². The molecule has 2 heterocycles. The smallest absolute Gasteiger partial charge is 0.258 e. The van der Waals surface area contributed by atoms with Crippen molar-refractivity contribution >= 4 is 11.8 Å². The number of ether oxygens (including phenoxy) is 1. The lowest BCUT2D eigenvalue weighted by Crippen LogP contribution is -2.49. The molecule has 2 aromatic carbocycles. The topological polar surface area (TPSA) is 51.1 Å². The molecule has 0 fully saturated rings. The molecule has 25 heavy (non-hydrogen) atoms. The summed E-state index contributed by atoms with van der Waals surface area (Å²) >= 11 is 0. The summed E-state index contributed by atoms with van der Waals surface area (Å²) in [4.78, 5) is 19.6. The largest absolute Gasteiger partial charge is 0.463 e. The van der Waals surface area contributed by atoms with Crippen LogP contribution < -0.4 is 0 Å². The Labute approximate surface area is 146 Å². The summed E-state index contributed by atoms with van der Waals surface area (Å²) in [6.45, 7) is 1.54. The first-order valence-electron chi connectivity index (χ1n) is 8.22. The zero-order chi connectivity index (χ0) is 17.2. The number of oxime groups is 1. The summed E-state index contributed by atoms with van der Waals surface area (Å²) in [6, 6.07) is 19.2. The quantitative estimate of drug-likeness (QED) is 0.847. The van der Waals surface area contributed by atoms with Gasteiger partial charge in [0.25, 0.3) is 5.90 Å². The highest BCUT2D eigenvalue weighted by Gasteiger charge is 2.43. The molecule has 0 aromatic heterocycles. The number of nitrogens with zero attached hydrogens (tertiary/aromatic N) is 2. The maximum absolute atomic E-state index is 12.1. The van der Waals surface area contributed by atoms with Crippen molar-refractivity contribution in [1.82, 2.24) is 4.90 Å². The van der Waals surface area contributed by atoms with Crippen LogP contribution in [0.15, 0.2) is 78.1 Å². The SMILES string of the molecule is CC(=O)N1C=CC2OC(c3ccccc3)=NO[C@H]2[C@@H]1c1ccccc1. The molecule has 126 valence electrons. The monoisotopic (exact) mass is 334 g/mol. The molecule has 0 saturated carbocycles. The Morgan fingerprint density at radius 3 is 2.40 bits per heavy atom. The van der Waals surface area contributed by atoms with Crippen LogP contribution in [0.25, 0.3) is 0 Å². The molecule has 0 bridgehead atoms. The van der Waals surface area contributed by atoms with E-state index in [1.807, 2.05) is 66.7 Å². The summed E-state index contributed by atoms with van der Waals surface area (Å²) in [6.07, 6.45) is 2.92. The van der Waals surface area contributed by atoms with Crippen LogP contribution in [0.3, 0.4) is 0 Å². The molecule has 1 unspecified atom stereocenters. The van der Waals surface area contributed by atoms with Gasteiger partial charge in [-0.1, -0.05) is 48.5 Å². The van der Waals surface area contributed by atoms with Crippen LogP contribution in [0.2, 0.25) is 0 Å². The van der Waals surface area contributed by atoms with Gasteiger partial charge >= 0.3 is 0 Å². The van der Waals surface area contributed by atoms with E-state index in [9.17, 15) is 4.79 Å². The van der Waals surface area contributed by atoms with Gasteiger partial charge in [-0.05, 0) is 28.9 Å². The van der Waals surface area contributed by atoms with Gasteiger partial charge in [0.1, 0.15) is 6.04 Å². The predicted molar refractivity (Wildman–Crippen MR) is 93.6 cm³/mol. The van der Waals surface area contributed by atoms with Crippen molar-refractivity contribution in [1.29, 1.82) is 0 Å². The van der Waals surface area contributed by atoms with E-state index in [0.29, 0.717) is 5.90 Å². The first kappa shape index (κ1) is 15.4. The third-order valence-electron chi connectivity index (χ3n) is 4.40. The molecule has 3 atom stereocenters. The minimum absolute atomic E-state index is 0.0509. The Bertz CT molecular complexity index is 817. The molecule has 0 radical (unpaired) electrons. The number of rotatable bonds is 2. The minimum atomic E-state index is -0.399. The number of hydrogen-bond donors (Lipinski definition) is 0. The first-order chi connectivity index (χ1) is 12.2. The van der Waals surface area contributed by atoms with Crippen molar-refractivity contribution in [2.24, 2.45) is 5.16 Å². The van der Waals surface area contributed by atoms with Crippen LogP contribution in [0.1, 0.15) is 24.1 Å². The van der Waals surface area contributed by atoms with E-state index >= 15 is 0 Å². The third kappa shape index (κ3) is 2.89. The van der Waals surface area contributed by atoms with Crippen LogP contribution in [-0.2, 0) is 14.4 Å². The first-order valence-corrected chi connectivity index (χ1v) is 8.22. The number of fused-ring (bicyclic) bond motifs is 1. The number of hydrogen-bond acceptors (Lipinski definition) is 4. The third-order valence-corrected chi connectivity index (χ3v) is 4.40. The Morgan fingerprint density at radius 1 is 1.04 bits per heavy atom. The van der Waals surface area contributed by atoms with Gasteiger partial charge in [-0.2, -0.15) is 0 Å². The zero-order valence-corrected chi connectivity index (χ0v) is 13.8. The highest BCUT2D eigenvalue weighted by Crippen LogP contribution is 2.36. The second-order valence-corrected chi connectivity index (χ2v) is 6.04. The Morgan fingerprint density at radius 2 is 1.72 bits per heavy atom. The lowest BCUT2D eigenvalue weighted by molar-refractivity contribution is -0.138. The van der Waals surface area contributed by atoms with E-state index in [2.05, 4.69) is 5.16 Å². The summed E-state index contributed by atoms with van der Waals surface area (Å²) in [7, 11) is 0. The van der Waals surface area contributed by atoms with E-state index < -0.39 is 6.10 Å². The molecule has 2 aromatic rings. The van der Waals surface area contributed by atoms with Crippen molar-refractivity contribution in [2.75, 3.05) is 0 Å². The molecule has 2 aliphatic heterocycles. The van der Waals surface area contributed by atoms with Crippen molar-refractivity contribution in [3.05, 3.63) is 84.1 Å². The highest BCUT2D eigenvalue weighted by atomic mass is 16.7. The van der Waals surface area contributed by atoms with E-state index in [4.69, 9.17) is 9.57 Å². The van der Waals surface area contributed by atoms with Gasteiger partial charge in [-0.3, -0.25) is 4.79 Å². The van der Waals surface area contributed by atoms with E-state index in [0.717, 1.165) is 11.1 Å². The Balaban J connectivity index is 1.68. The number of carbonyl (C=O) groups excluding carboxylic acids is 1.